The molecule has 0 saturated heterocycles. The highest BCUT2D eigenvalue weighted by Crippen LogP contribution is 2.46. The fourth-order valence-electron chi connectivity index (χ4n) is 2.30. The summed E-state index contributed by atoms with van der Waals surface area (Å²) in [6, 6.07) is 5.38. The summed E-state index contributed by atoms with van der Waals surface area (Å²) in [6.45, 7) is 0. The van der Waals surface area contributed by atoms with E-state index in [0.29, 0.717) is 10.8 Å². The van der Waals surface area contributed by atoms with Crippen molar-refractivity contribution in [2.24, 2.45) is 5.84 Å². The Balaban J connectivity index is 2.41. The van der Waals surface area contributed by atoms with E-state index in [2.05, 4.69) is 5.43 Å². The van der Waals surface area contributed by atoms with Crippen molar-refractivity contribution in [1.82, 2.24) is 5.43 Å². The van der Waals surface area contributed by atoms with Crippen LogP contribution in [0.5, 0.6) is 5.75 Å². The Kier molecular flexibility index (Phi) is 3.26. The van der Waals surface area contributed by atoms with Crippen molar-refractivity contribution < 1.29 is 9.53 Å². The maximum absolute atomic E-state index is 11.9. The van der Waals surface area contributed by atoms with Crippen molar-refractivity contribution in [2.75, 3.05) is 7.11 Å². The number of carbonyl (C=O) groups is 1. The van der Waals surface area contributed by atoms with Crippen LogP contribution in [-0.4, -0.2) is 13.0 Å². The van der Waals surface area contributed by atoms with Gasteiger partial charge < -0.3 is 4.74 Å². The van der Waals surface area contributed by atoms with E-state index in [1.54, 1.807) is 13.2 Å². The largest absolute Gasteiger partial charge is 0.497 e. The summed E-state index contributed by atoms with van der Waals surface area (Å²) in [5.74, 6) is 5.76. The van der Waals surface area contributed by atoms with Crippen LogP contribution in [0.4, 0.5) is 0 Å². The van der Waals surface area contributed by atoms with Crippen LogP contribution in [0.2, 0.25) is 5.02 Å². The molecular formula is C12H15ClN2O2. The number of hydrogen-bond acceptors (Lipinski definition) is 3. The standard InChI is InChI=1S/C12H15ClN2O2/c1-17-8-3-4-9(10(13)7-8)12(5-2-6-12)11(16)15-14/h3-4,7H,2,5-6,14H2,1H3,(H,15,16). The van der Waals surface area contributed by atoms with Crippen molar-refractivity contribution >= 4 is 17.5 Å². The first-order chi connectivity index (χ1) is 8.14. The van der Waals surface area contributed by atoms with Crippen LogP contribution < -0.4 is 16.0 Å². The number of carbonyl (C=O) groups excluding carboxylic acids is 1. The van der Waals surface area contributed by atoms with Crippen molar-refractivity contribution in [1.29, 1.82) is 0 Å². The van der Waals surface area contributed by atoms with Gasteiger partial charge in [0.05, 0.1) is 12.5 Å². The van der Waals surface area contributed by atoms with E-state index < -0.39 is 5.41 Å². The minimum atomic E-state index is -0.557. The van der Waals surface area contributed by atoms with E-state index in [4.69, 9.17) is 22.2 Å². The van der Waals surface area contributed by atoms with Crippen LogP contribution in [0.1, 0.15) is 24.8 Å². The number of hydrazine groups is 1. The second kappa shape index (κ2) is 4.55. The first-order valence-electron chi connectivity index (χ1n) is 5.49. The molecule has 1 saturated carbocycles. The smallest absolute Gasteiger partial charge is 0.244 e. The third-order valence-corrected chi connectivity index (χ3v) is 3.78. The number of halogens is 1. The van der Waals surface area contributed by atoms with Crippen LogP contribution in [0.25, 0.3) is 0 Å². The highest BCUT2D eigenvalue weighted by atomic mass is 35.5. The number of hydrogen-bond donors (Lipinski definition) is 2. The Morgan fingerprint density at radius 2 is 2.24 bits per heavy atom. The molecule has 1 fully saturated rings. The fourth-order valence-corrected chi connectivity index (χ4v) is 2.65. The molecule has 1 aliphatic carbocycles. The Morgan fingerprint density at radius 1 is 1.53 bits per heavy atom. The molecule has 0 atom stereocenters. The van der Waals surface area contributed by atoms with Crippen LogP contribution in [0.15, 0.2) is 18.2 Å². The third-order valence-electron chi connectivity index (χ3n) is 3.46. The van der Waals surface area contributed by atoms with Gasteiger partial charge in [-0.1, -0.05) is 24.1 Å². The van der Waals surface area contributed by atoms with E-state index in [9.17, 15) is 4.79 Å². The summed E-state index contributed by atoms with van der Waals surface area (Å²) in [5, 5.41) is 0.549. The van der Waals surface area contributed by atoms with E-state index in [0.717, 1.165) is 24.8 Å². The predicted octanol–water partition coefficient (Wildman–Crippen LogP) is 1.76. The van der Waals surface area contributed by atoms with Gasteiger partial charge in [0.25, 0.3) is 0 Å². The molecule has 92 valence electrons. The molecular weight excluding hydrogens is 240 g/mol. The van der Waals surface area contributed by atoms with Gasteiger partial charge in [-0.05, 0) is 30.5 Å². The number of methoxy groups -OCH3 is 1. The number of amides is 1. The van der Waals surface area contributed by atoms with Gasteiger partial charge in [0, 0.05) is 5.02 Å². The second-order valence-corrected chi connectivity index (χ2v) is 4.66. The van der Waals surface area contributed by atoms with Gasteiger partial charge in [0.15, 0.2) is 0 Å². The molecule has 1 aliphatic rings. The number of nitrogens with one attached hydrogen (secondary N) is 1. The molecule has 4 nitrogen and oxygen atoms in total. The van der Waals surface area contributed by atoms with Crippen molar-refractivity contribution in [3.05, 3.63) is 28.8 Å². The van der Waals surface area contributed by atoms with Crippen molar-refractivity contribution in [3.63, 3.8) is 0 Å². The highest BCUT2D eigenvalue weighted by Gasteiger charge is 2.46. The average molecular weight is 255 g/mol. The normalized spacial score (nSPS) is 17.1. The highest BCUT2D eigenvalue weighted by molar-refractivity contribution is 6.32. The van der Waals surface area contributed by atoms with E-state index in [-0.39, 0.29) is 5.91 Å². The molecule has 1 aromatic carbocycles. The van der Waals surface area contributed by atoms with E-state index in [1.165, 1.54) is 0 Å². The zero-order chi connectivity index (χ0) is 12.5. The molecule has 3 N–H and O–H groups in total. The number of nitrogens with two attached hydrogens (primary N) is 1. The summed E-state index contributed by atoms with van der Waals surface area (Å²) in [5.41, 5.74) is 2.50. The lowest BCUT2D eigenvalue weighted by atomic mass is 9.64. The van der Waals surface area contributed by atoms with Gasteiger partial charge in [-0.25, -0.2) is 5.84 Å². The summed E-state index contributed by atoms with van der Waals surface area (Å²) in [6.07, 6.45) is 2.57. The number of rotatable bonds is 3. The van der Waals surface area contributed by atoms with E-state index in [1.807, 2.05) is 12.1 Å². The molecule has 0 aromatic heterocycles. The molecule has 0 bridgehead atoms. The van der Waals surface area contributed by atoms with Gasteiger partial charge in [-0.2, -0.15) is 0 Å². The van der Waals surface area contributed by atoms with Crippen LogP contribution in [0, 0.1) is 0 Å². The minimum Gasteiger partial charge on any atom is -0.497 e. The molecule has 0 heterocycles. The summed E-state index contributed by atoms with van der Waals surface area (Å²) in [7, 11) is 1.58. The molecule has 0 aliphatic heterocycles. The maximum Gasteiger partial charge on any atom is 0.244 e. The SMILES string of the molecule is COc1ccc(C2(C(=O)NN)CCC2)c(Cl)c1. The predicted molar refractivity (Wildman–Crippen MR) is 65.9 cm³/mol. The zero-order valence-corrected chi connectivity index (χ0v) is 10.4. The minimum absolute atomic E-state index is 0.171. The Hall–Kier alpha value is -1.26. The molecule has 0 radical (unpaired) electrons. The lowest BCUT2D eigenvalue weighted by Gasteiger charge is -2.40. The van der Waals surface area contributed by atoms with Gasteiger partial charge in [0.2, 0.25) is 5.91 Å². The number of benzene rings is 1. The lowest BCUT2D eigenvalue weighted by Crippen LogP contribution is -2.51. The summed E-state index contributed by atoms with van der Waals surface area (Å²) in [4.78, 5) is 11.9. The summed E-state index contributed by atoms with van der Waals surface area (Å²) >= 11 is 6.21. The third kappa shape index (κ3) is 1.87. The Morgan fingerprint density at radius 3 is 2.65 bits per heavy atom. The Bertz CT molecular complexity index is 444. The zero-order valence-electron chi connectivity index (χ0n) is 9.63. The number of ether oxygens (including phenoxy) is 1. The van der Waals surface area contributed by atoms with E-state index >= 15 is 0 Å². The van der Waals surface area contributed by atoms with Crippen LogP contribution in [-0.2, 0) is 10.2 Å². The Labute approximate surface area is 105 Å². The molecule has 5 heteroatoms. The second-order valence-electron chi connectivity index (χ2n) is 4.25. The molecule has 2 rings (SSSR count). The van der Waals surface area contributed by atoms with Crippen molar-refractivity contribution in [2.45, 2.75) is 24.7 Å². The molecule has 1 aromatic rings. The van der Waals surface area contributed by atoms with Crippen LogP contribution >= 0.6 is 11.6 Å². The van der Waals surface area contributed by atoms with Gasteiger partial charge in [0.1, 0.15) is 5.75 Å². The maximum atomic E-state index is 11.9. The first-order valence-corrected chi connectivity index (χ1v) is 5.87. The average Bonchev–Trinajstić information content (AvgIpc) is 2.29. The molecule has 1 amide bonds. The topological polar surface area (TPSA) is 64.3 Å². The van der Waals surface area contributed by atoms with Crippen molar-refractivity contribution in [3.8, 4) is 5.75 Å². The molecule has 0 unspecified atom stereocenters. The van der Waals surface area contributed by atoms with Gasteiger partial charge >= 0.3 is 0 Å². The fraction of sp³-hybridized carbons (Fsp3) is 0.417. The van der Waals surface area contributed by atoms with Crippen LogP contribution in [0.3, 0.4) is 0 Å². The first kappa shape index (κ1) is 12.2. The molecule has 17 heavy (non-hydrogen) atoms. The quantitative estimate of drug-likeness (QED) is 0.491. The molecule has 0 spiro atoms. The summed E-state index contributed by atoms with van der Waals surface area (Å²) < 4.78 is 5.09. The lowest BCUT2D eigenvalue weighted by molar-refractivity contribution is -0.130. The van der Waals surface area contributed by atoms with Gasteiger partial charge in [-0.3, -0.25) is 10.2 Å². The monoisotopic (exact) mass is 254 g/mol. The van der Waals surface area contributed by atoms with Gasteiger partial charge in [-0.15, -0.1) is 0 Å².